The molecule has 6 heteroatoms. The number of nitrogens with one attached hydrogen (secondary N) is 1. The van der Waals surface area contributed by atoms with Gasteiger partial charge < -0.3 is 15.1 Å². The van der Waals surface area contributed by atoms with Gasteiger partial charge in [-0.25, -0.2) is 4.98 Å². The van der Waals surface area contributed by atoms with Crippen molar-refractivity contribution in [2.24, 2.45) is 5.92 Å². The molecule has 104 valence electrons. The minimum atomic E-state index is 0.243. The van der Waals surface area contributed by atoms with E-state index in [1.54, 1.807) is 11.3 Å². The van der Waals surface area contributed by atoms with Crippen LogP contribution in [0.1, 0.15) is 12.8 Å². The molecule has 5 nitrogen and oxygen atoms in total. The number of piperazine rings is 1. The second-order valence-electron chi connectivity index (χ2n) is 5.15. The number of piperidine rings is 1. The fourth-order valence-electron chi connectivity index (χ4n) is 2.82. The highest BCUT2D eigenvalue weighted by Crippen LogP contribution is 2.21. The molecule has 3 heterocycles. The second kappa shape index (κ2) is 5.88. The zero-order chi connectivity index (χ0) is 13.1. The minimum Gasteiger partial charge on any atom is -0.345 e. The van der Waals surface area contributed by atoms with E-state index >= 15 is 0 Å². The lowest BCUT2D eigenvalue weighted by atomic mass is 9.96. The van der Waals surface area contributed by atoms with E-state index in [9.17, 15) is 4.79 Å². The lowest BCUT2D eigenvalue weighted by Crippen LogP contribution is -2.51. The Labute approximate surface area is 117 Å². The summed E-state index contributed by atoms with van der Waals surface area (Å²) in [6.45, 7) is 5.45. The van der Waals surface area contributed by atoms with Gasteiger partial charge in [0, 0.05) is 43.7 Å². The van der Waals surface area contributed by atoms with Crippen LogP contribution >= 0.6 is 11.3 Å². The van der Waals surface area contributed by atoms with Crippen molar-refractivity contribution >= 4 is 22.4 Å². The molecule has 19 heavy (non-hydrogen) atoms. The number of carbonyl (C=O) groups is 1. The summed E-state index contributed by atoms with van der Waals surface area (Å²) in [6.07, 6.45) is 3.82. The normalized spacial score (nSPS) is 21.7. The van der Waals surface area contributed by atoms with Crippen molar-refractivity contribution in [2.75, 3.05) is 44.2 Å². The molecule has 1 N–H and O–H groups in total. The third kappa shape index (κ3) is 2.90. The molecule has 0 spiro atoms. The van der Waals surface area contributed by atoms with Crippen LogP contribution in [0.2, 0.25) is 0 Å². The first kappa shape index (κ1) is 12.9. The molecule has 2 aliphatic heterocycles. The van der Waals surface area contributed by atoms with E-state index in [0.717, 1.165) is 57.2 Å². The number of amides is 1. The molecule has 0 bridgehead atoms. The van der Waals surface area contributed by atoms with E-state index in [1.807, 2.05) is 16.5 Å². The van der Waals surface area contributed by atoms with Crippen molar-refractivity contribution in [3.63, 3.8) is 0 Å². The van der Waals surface area contributed by atoms with Gasteiger partial charge in [0.1, 0.15) is 0 Å². The topological polar surface area (TPSA) is 48.5 Å². The number of anilines is 1. The van der Waals surface area contributed by atoms with Crippen molar-refractivity contribution in [3.05, 3.63) is 11.6 Å². The van der Waals surface area contributed by atoms with Crippen LogP contribution in [0.25, 0.3) is 0 Å². The molecule has 0 aliphatic carbocycles. The average Bonchev–Trinajstić information content (AvgIpc) is 3.02. The minimum absolute atomic E-state index is 0.243. The van der Waals surface area contributed by atoms with Gasteiger partial charge in [0.15, 0.2) is 5.13 Å². The zero-order valence-corrected chi connectivity index (χ0v) is 11.9. The fourth-order valence-corrected chi connectivity index (χ4v) is 3.51. The molecule has 1 aromatic rings. The maximum atomic E-state index is 12.4. The first-order valence-corrected chi connectivity index (χ1v) is 7.86. The van der Waals surface area contributed by atoms with Gasteiger partial charge in [0.25, 0.3) is 0 Å². The van der Waals surface area contributed by atoms with Gasteiger partial charge in [-0.2, -0.15) is 0 Å². The Morgan fingerprint density at radius 3 is 2.63 bits per heavy atom. The van der Waals surface area contributed by atoms with Crippen molar-refractivity contribution < 1.29 is 4.79 Å². The van der Waals surface area contributed by atoms with Crippen LogP contribution in [0.5, 0.6) is 0 Å². The van der Waals surface area contributed by atoms with Crippen LogP contribution in [-0.4, -0.2) is 55.1 Å². The molecule has 3 rings (SSSR count). The Morgan fingerprint density at radius 1 is 1.26 bits per heavy atom. The van der Waals surface area contributed by atoms with Crippen LogP contribution in [-0.2, 0) is 4.79 Å². The summed E-state index contributed by atoms with van der Waals surface area (Å²) in [6, 6.07) is 0. The Kier molecular flexibility index (Phi) is 3.98. The molecular weight excluding hydrogens is 260 g/mol. The average molecular weight is 280 g/mol. The molecule has 0 saturated carbocycles. The van der Waals surface area contributed by atoms with E-state index in [4.69, 9.17) is 0 Å². The highest BCUT2D eigenvalue weighted by molar-refractivity contribution is 7.13. The Bertz CT molecular complexity index is 408. The summed E-state index contributed by atoms with van der Waals surface area (Å²) in [5, 5.41) is 6.39. The Balaban J connectivity index is 1.53. The maximum absolute atomic E-state index is 12.4. The molecular formula is C13H20N4OS. The molecule has 1 aromatic heterocycles. The number of aromatic nitrogens is 1. The van der Waals surface area contributed by atoms with Gasteiger partial charge in [-0.05, 0) is 25.9 Å². The van der Waals surface area contributed by atoms with Gasteiger partial charge in [-0.1, -0.05) is 0 Å². The Morgan fingerprint density at radius 2 is 2.00 bits per heavy atom. The standard InChI is InChI=1S/C13H20N4OS/c18-12(11-1-3-14-4-2-11)16-6-8-17(9-7-16)13-15-5-10-19-13/h5,10-11,14H,1-4,6-9H2. The van der Waals surface area contributed by atoms with E-state index < -0.39 is 0 Å². The predicted octanol–water partition coefficient (Wildman–Crippen LogP) is 0.791. The van der Waals surface area contributed by atoms with E-state index in [-0.39, 0.29) is 5.92 Å². The molecule has 0 aromatic carbocycles. The van der Waals surface area contributed by atoms with Gasteiger partial charge in [0.2, 0.25) is 5.91 Å². The zero-order valence-electron chi connectivity index (χ0n) is 11.0. The molecule has 2 saturated heterocycles. The first-order valence-electron chi connectivity index (χ1n) is 6.98. The number of hydrogen-bond acceptors (Lipinski definition) is 5. The van der Waals surface area contributed by atoms with E-state index in [0.29, 0.717) is 5.91 Å². The number of nitrogens with zero attached hydrogens (tertiary/aromatic N) is 3. The monoisotopic (exact) mass is 280 g/mol. The summed E-state index contributed by atoms with van der Waals surface area (Å²) < 4.78 is 0. The smallest absolute Gasteiger partial charge is 0.225 e. The lowest BCUT2D eigenvalue weighted by molar-refractivity contribution is -0.136. The highest BCUT2D eigenvalue weighted by Gasteiger charge is 2.28. The molecule has 0 radical (unpaired) electrons. The lowest BCUT2D eigenvalue weighted by Gasteiger charge is -2.37. The summed E-state index contributed by atoms with van der Waals surface area (Å²) in [5.74, 6) is 0.605. The van der Waals surface area contributed by atoms with Crippen LogP contribution < -0.4 is 10.2 Å². The summed E-state index contributed by atoms with van der Waals surface area (Å²) in [4.78, 5) is 21.1. The molecule has 1 amide bonds. The summed E-state index contributed by atoms with van der Waals surface area (Å²) in [5.41, 5.74) is 0. The number of hydrogen-bond donors (Lipinski definition) is 1. The van der Waals surface area contributed by atoms with Crippen molar-refractivity contribution in [3.8, 4) is 0 Å². The summed E-state index contributed by atoms with van der Waals surface area (Å²) in [7, 11) is 0. The molecule has 2 fully saturated rings. The van der Waals surface area contributed by atoms with Crippen LogP contribution in [0.15, 0.2) is 11.6 Å². The number of thiazole rings is 1. The van der Waals surface area contributed by atoms with Crippen molar-refractivity contribution in [1.82, 2.24) is 15.2 Å². The SMILES string of the molecule is O=C(C1CCNCC1)N1CCN(c2nccs2)CC1. The molecule has 0 unspecified atom stereocenters. The third-order valence-corrected chi connectivity index (χ3v) is 4.80. The third-order valence-electron chi connectivity index (χ3n) is 3.97. The van der Waals surface area contributed by atoms with Crippen LogP contribution in [0, 0.1) is 5.92 Å². The predicted molar refractivity (Wildman–Crippen MR) is 76.5 cm³/mol. The van der Waals surface area contributed by atoms with Crippen LogP contribution in [0.4, 0.5) is 5.13 Å². The van der Waals surface area contributed by atoms with Gasteiger partial charge in [-0.3, -0.25) is 4.79 Å². The largest absolute Gasteiger partial charge is 0.345 e. The van der Waals surface area contributed by atoms with Crippen molar-refractivity contribution in [2.45, 2.75) is 12.8 Å². The number of carbonyl (C=O) groups excluding carboxylic acids is 1. The van der Waals surface area contributed by atoms with Crippen LogP contribution in [0.3, 0.4) is 0 Å². The fraction of sp³-hybridized carbons (Fsp3) is 0.692. The van der Waals surface area contributed by atoms with Crippen molar-refractivity contribution in [1.29, 1.82) is 0 Å². The van der Waals surface area contributed by atoms with Gasteiger partial charge >= 0.3 is 0 Å². The second-order valence-corrected chi connectivity index (χ2v) is 6.02. The van der Waals surface area contributed by atoms with E-state index in [2.05, 4.69) is 15.2 Å². The quantitative estimate of drug-likeness (QED) is 0.870. The Hall–Kier alpha value is -1.14. The molecule has 2 aliphatic rings. The van der Waals surface area contributed by atoms with Gasteiger partial charge in [0.05, 0.1) is 0 Å². The number of rotatable bonds is 2. The van der Waals surface area contributed by atoms with Gasteiger partial charge in [-0.15, -0.1) is 11.3 Å². The maximum Gasteiger partial charge on any atom is 0.225 e. The summed E-state index contributed by atoms with van der Waals surface area (Å²) >= 11 is 1.67. The first-order chi connectivity index (χ1) is 9.34. The van der Waals surface area contributed by atoms with E-state index in [1.165, 1.54) is 0 Å². The molecule has 0 atom stereocenters. The highest BCUT2D eigenvalue weighted by atomic mass is 32.1.